The maximum absolute atomic E-state index is 8.74. The molecule has 1 atom stereocenters. The van der Waals surface area contributed by atoms with Crippen molar-refractivity contribution in [2.75, 3.05) is 0 Å². The summed E-state index contributed by atoms with van der Waals surface area (Å²) in [7, 11) is -2.07. The van der Waals surface area contributed by atoms with Gasteiger partial charge < -0.3 is 15.5 Å². The summed E-state index contributed by atoms with van der Waals surface area (Å²) in [5, 5.41) is 0. The minimum Gasteiger partial charge on any atom is -0.349 e. The van der Waals surface area contributed by atoms with Gasteiger partial charge in [-0.25, -0.2) is 0 Å². The fraction of sp³-hybridized carbons (Fsp3) is 0.111. The van der Waals surface area contributed by atoms with Gasteiger partial charge in [-0.1, -0.05) is 42.5 Å². The second kappa shape index (κ2) is 5.10. The third-order valence-electron chi connectivity index (χ3n) is 1.55. The van der Waals surface area contributed by atoms with Crippen LogP contribution in [-0.4, -0.2) is 15.6 Å². The van der Waals surface area contributed by atoms with Crippen LogP contribution < -0.4 is 5.73 Å². The van der Waals surface area contributed by atoms with Crippen LogP contribution >= 0.6 is 8.38 Å². The number of benzene rings is 1. The first kappa shape index (κ1) is 10.4. The van der Waals surface area contributed by atoms with Crippen molar-refractivity contribution in [1.29, 1.82) is 0 Å². The van der Waals surface area contributed by atoms with E-state index in [1.165, 1.54) is 0 Å². The molecule has 1 rings (SSSR count). The monoisotopic (exact) mass is 197 g/mol. The highest BCUT2D eigenvalue weighted by atomic mass is 31.2. The molecule has 0 bridgehead atoms. The molecule has 0 fully saturated rings. The van der Waals surface area contributed by atoms with Crippen molar-refractivity contribution in [3.63, 3.8) is 0 Å². The second-order valence-corrected chi connectivity index (χ2v) is 3.82. The number of hydrogen-bond donors (Lipinski definition) is 3. The van der Waals surface area contributed by atoms with Crippen molar-refractivity contribution in [3.05, 3.63) is 42.0 Å². The highest BCUT2D eigenvalue weighted by Gasteiger charge is 2.06. The predicted molar refractivity (Wildman–Crippen MR) is 54.8 cm³/mol. The largest absolute Gasteiger partial charge is 0.349 e. The van der Waals surface area contributed by atoms with Gasteiger partial charge in [0, 0.05) is 0 Å². The third-order valence-corrected chi connectivity index (χ3v) is 2.26. The average molecular weight is 197 g/mol. The van der Waals surface area contributed by atoms with Crippen LogP contribution in [0.3, 0.4) is 0 Å². The quantitative estimate of drug-likeness (QED) is 0.639. The van der Waals surface area contributed by atoms with Crippen molar-refractivity contribution in [2.45, 2.75) is 5.78 Å². The van der Waals surface area contributed by atoms with Gasteiger partial charge in [-0.05, 0) is 5.56 Å². The van der Waals surface area contributed by atoms with Crippen LogP contribution in [0.5, 0.6) is 0 Å². The molecule has 1 aromatic carbocycles. The summed E-state index contributed by atoms with van der Waals surface area (Å²) in [5.74, 6) is -0.671. The van der Waals surface area contributed by atoms with Gasteiger partial charge in [0.15, 0.2) is 8.38 Å². The highest BCUT2D eigenvalue weighted by molar-refractivity contribution is 7.46. The van der Waals surface area contributed by atoms with Crippen LogP contribution in [0.1, 0.15) is 5.56 Å². The summed E-state index contributed by atoms with van der Waals surface area (Å²) in [5.41, 5.74) is 6.40. The van der Waals surface area contributed by atoms with Crippen molar-refractivity contribution in [1.82, 2.24) is 0 Å². The van der Waals surface area contributed by atoms with E-state index in [9.17, 15) is 0 Å². The van der Waals surface area contributed by atoms with E-state index in [2.05, 4.69) is 0 Å². The molecule has 0 aliphatic carbocycles. The fourth-order valence-corrected chi connectivity index (χ4v) is 1.09. The lowest BCUT2D eigenvalue weighted by Crippen LogP contribution is -2.13. The summed E-state index contributed by atoms with van der Waals surface area (Å²) in [6.45, 7) is 0. The SMILES string of the molecule is NC(/C=C/c1ccccc1)P(O)O. The average Bonchev–Trinajstić information content (AvgIpc) is 2.15. The molecule has 0 aliphatic heterocycles. The Morgan fingerprint density at radius 1 is 1.23 bits per heavy atom. The lowest BCUT2D eigenvalue weighted by Gasteiger charge is -2.06. The van der Waals surface area contributed by atoms with E-state index in [1.54, 1.807) is 12.2 Å². The predicted octanol–water partition coefficient (Wildman–Crippen LogP) is 1.28. The number of hydrogen-bond acceptors (Lipinski definition) is 3. The van der Waals surface area contributed by atoms with Gasteiger partial charge in [-0.15, -0.1) is 0 Å². The molecule has 0 saturated carbocycles. The van der Waals surface area contributed by atoms with E-state index in [-0.39, 0.29) is 0 Å². The number of nitrogens with two attached hydrogens (primary N) is 1. The first-order valence-corrected chi connectivity index (χ1v) is 5.17. The summed E-state index contributed by atoms with van der Waals surface area (Å²) < 4.78 is 0. The highest BCUT2D eigenvalue weighted by Crippen LogP contribution is 2.27. The van der Waals surface area contributed by atoms with Crippen LogP contribution in [-0.2, 0) is 0 Å². The van der Waals surface area contributed by atoms with Crippen LogP contribution in [0, 0.1) is 0 Å². The van der Waals surface area contributed by atoms with E-state index < -0.39 is 14.2 Å². The molecular formula is C9H12NO2P. The van der Waals surface area contributed by atoms with Gasteiger partial charge in [0.1, 0.15) is 0 Å². The Hall–Kier alpha value is -0.730. The van der Waals surface area contributed by atoms with Crippen molar-refractivity contribution >= 4 is 14.5 Å². The Bertz CT molecular complexity index is 274. The van der Waals surface area contributed by atoms with Crippen molar-refractivity contribution in [2.24, 2.45) is 5.73 Å². The summed E-state index contributed by atoms with van der Waals surface area (Å²) >= 11 is 0. The standard InChI is InChI=1S/C9H12NO2P/c10-9(13(11)12)7-6-8-4-2-1-3-5-8/h1-7,9,11-12H,10H2/b7-6+. The number of rotatable bonds is 3. The molecule has 3 nitrogen and oxygen atoms in total. The van der Waals surface area contributed by atoms with Crippen LogP contribution in [0.4, 0.5) is 0 Å². The van der Waals surface area contributed by atoms with Gasteiger partial charge in [-0.2, -0.15) is 0 Å². The molecule has 1 aromatic rings. The second-order valence-electron chi connectivity index (χ2n) is 2.58. The fourth-order valence-electron chi connectivity index (χ4n) is 0.851. The minimum absolute atomic E-state index is 0.671. The van der Waals surface area contributed by atoms with Gasteiger partial charge in [0.05, 0.1) is 5.78 Å². The minimum atomic E-state index is -2.07. The summed E-state index contributed by atoms with van der Waals surface area (Å²) in [4.78, 5) is 17.5. The Morgan fingerprint density at radius 2 is 1.85 bits per heavy atom. The Balaban J connectivity index is 2.59. The summed E-state index contributed by atoms with van der Waals surface area (Å²) in [6.07, 6.45) is 3.35. The Kier molecular flexibility index (Phi) is 4.06. The zero-order valence-electron chi connectivity index (χ0n) is 7.04. The molecule has 0 amide bonds. The van der Waals surface area contributed by atoms with E-state index in [0.29, 0.717) is 0 Å². The topological polar surface area (TPSA) is 66.5 Å². The molecular weight excluding hydrogens is 185 g/mol. The molecule has 4 N–H and O–H groups in total. The van der Waals surface area contributed by atoms with Gasteiger partial charge >= 0.3 is 0 Å². The summed E-state index contributed by atoms with van der Waals surface area (Å²) in [6, 6.07) is 9.57. The Labute approximate surface area is 78.4 Å². The molecule has 4 heteroatoms. The molecule has 0 radical (unpaired) electrons. The lowest BCUT2D eigenvalue weighted by molar-refractivity contribution is 0.474. The first-order chi connectivity index (χ1) is 6.20. The zero-order valence-corrected chi connectivity index (χ0v) is 7.93. The van der Waals surface area contributed by atoms with Crippen LogP contribution in [0.2, 0.25) is 0 Å². The molecule has 70 valence electrons. The first-order valence-electron chi connectivity index (χ1n) is 3.86. The van der Waals surface area contributed by atoms with E-state index >= 15 is 0 Å². The molecule has 0 aliphatic rings. The molecule has 0 spiro atoms. The van der Waals surface area contributed by atoms with Crippen LogP contribution in [0.25, 0.3) is 6.08 Å². The Morgan fingerprint density at radius 3 is 2.38 bits per heavy atom. The molecule has 0 saturated heterocycles. The van der Waals surface area contributed by atoms with Crippen molar-refractivity contribution in [3.8, 4) is 0 Å². The van der Waals surface area contributed by atoms with Gasteiger partial charge in [0.25, 0.3) is 0 Å². The molecule has 0 heterocycles. The maximum atomic E-state index is 8.74. The maximum Gasteiger partial charge on any atom is 0.187 e. The molecule has 1 unspecified atom stereocenters. The molecule has 13 heavy (non-hydrogen) atoms. The van der Waals surface area contributed by atoms with Crippen molar-refractivity contribution < 1.29 is 9.79 Å². The molecule has 0 aromatic heterocycles. The van der Waals surface area contributed by atoms with Gasteiger partial charge in [-0.3, -0.25) is 0 Å². The normalized spacial score (nSPS) is 13.8. The third kappa shape index (κ3) is 3.66. The van der Waals surface area contributed by atoms with Gasteiger partial charge in [0.2, 0.25) is 0 Å². The van der Waals surface area contributed by atoms with E-state index in [1.807, 2.05) is 30.3 Å². The van der Waals surface area contributed by atoms with Crippen LogP contribution in [0.15, 0.2) is 36.4 Å². The van der Waals surface area contributed by atoms with E-state index in [0.717, 1.165) is 5.56 Å². The van der Waals surface area contributed by atoms with E-state index in [4.69, 9.17) is 15.5 Å². The lowest BCUT2D eigenvalue weighted by atomic mass is 10.2. The zero-order chi connectivity index (χ0) is 9.68. The smallest absolute Gasteiger partial charge is 0.187 e.